The summed E-state index contributed by atoms with van der Waals surface area (Å²) in [6.45, 7) is 7.26. The Morgan fingerprint density at radius 2 is 1.91 bits per heavy atom. The number of carbonyl (C=O) groups excluding carboxylic acids is 2. The molecule has 2 heterocycles. The molecule has 2 aliphatic heterocycles. The lowest BCUT2D eigenvalue weighted by Gasteiger charge is -2.37. The molecular formula is C25H40N6O4. The maximum Gasteiger partial charge on any atom is 0.414 e. The summed E-state index contributed by atoms with van der Waals surface area (Å²) < 4.78 is 10.6. The van der Waals surface area contributed by atoms with Gasteiger partial charge in [0.2, 0.25) is 11.9 Å². The minimum atomic E-state index is -0.890. The molecule has 194 valence electrons. The number of nitrogens with zero attached hydrogens (tertiary/aromatic N) is 4. The quantitative estimate of drug-likeness (QED) is 0.320. The molecular weight excluding hydrogens is 448 g/mol. The highest BCUT2D eigenvalue weighted by Crippen LogP contribution is 2.29. The summed E-state index contributed by atoms with van der Waals surface area (Å²) in [7, 11) is 2.02. The van der Waals surface area contributed by atoms with Crippen molar-refractivity contribution < 1.29 is 19.1 Å². The van der Waals surface area contributed by atoms with Gasteiger partial charge in [0.15, 0.2) is 0 Å². The third-order valence-electron chi connectivity index (χ3n) is 7.14. The van der Waals surface area contributed by atoms with Crippen molar-refractivity contribution in [1.82, 2.24) is 20.4 Å². The van der Waals surface area contributed by atoms with E-state index < -0.39 is 17.7 Å². The van der Waals surface area contributed by atoms with E-state index in [0.717, 1.165) is 38.8 Å². The SMILES string of the molecule is C=CCOC(=O)NC(=N[C@@H](CC1CCCCC1)C(=O)NC1(C#N)CCN(C)CC1)N1CCOCC1. The molecule has 0 spiro atoms. The van der Waals surface area contributed by atoms with E-state index in [1.54, 1.807) is 0 Å². The minimum Gasteiger partial charge on any atom is -0.445 e. The maximum atomic E-state index is 13.6. The molecule has 2 amide bonds. The fourth-order valence-electron chi connectivity index (χ4n) is 4.92. The number of guanidine groups is 1. The van der Waals surface area contributed by atoms with Crippen molar-refractivity contribution in [2.75, 3.05) is 53.0 Å². The summed E-state index contributed by atoms with van der Waals surface area (Å²) in [5.41, 5.74) is -0.890. The molecule has 10 nitrogen and oxygen atoms in total. The Kier molecular flexibility index (Phi) is 10.4. The van der Waals surface area contributed by atoms with E-state index in [9.17, 15) is 14.9 Å². The Labute approximate surface area is 208 Å². The number of rotatable bonds is 7. The number of hydrogen-bond acceptors (Lipinski definition) is 7. The van der Waals surface area contributed by atoms with Crippen LogP contribution in [0.15, 0.2) is 17.6 Å². The van der Waals surface area contributed by atoms with E-state index in [2.05, 4.69) is 28.2 Å². The van der Waals surface area contributed by atoms with Crippen molar-refractivity contribution in [3.63, 3.8) is 0 Å². The van der Waals surface area contributed by atoms with Crippen LogP contribution in [0.3, 0.4) is 0 Å². The van der Waals surface area contributed by atoms with Gasteiger partial charge >= 0.3 is 6.09 Å². The minimum absolute atomic E-state index is 0.0767. The first kappa shape index (κ1) is 27.0. The van der Waals surface area contributed by atoms with Gasteiger partial charge in [0, 0.05) is 26.2 Å². The maximum absolute atomic E-state index is 13.6. The van der Waals surface area contributed by atoms with E-state index in [4.69, 9.17) is 14.5 Å². The molecule has 3 rings (SSSR count). The van der Waals surface area contributed by atoms with Crippen LogP contribution in [-0.4, -0.2) is 92.4 Å². The first-order valence-electron chi connectivity index (χ1n) is 12.8. The summed E-state index contributed by atoms with van der Waals surface area (Å²) in [6, 6.07) is 1.66. The van der Waals surface area contributed by atoms with E-state index in [1.807, 2.05) is 11.9 Å². The zero-order valence-electron chi connectivity index (χ0n) is 21.0. The molecule has 0 aromatic heterocycles. The number of morpholine rings is 1. The molecule has 0 aromatic carbocycles. The van der Waals surface area contributed by atoms with Crippen LogP contribution >= 0.6 is 0 Å². The Bertz CT molecular complexity index is 790. The van der Waals surface area contributed by atoms with Crippen molar-refractivity contribution in [3.05, 3.63) is 12.7 Å². The van der Waals surface area contributed by atoms with Crippen LogP contribution in [0.5, 0.6) is 0 Å². The number of aliphatic imine (C=N–C) groups is 1. The van der Waals surface area contributed by atoms with Crippen molar-refractivity contribution >= 4 is 18.0 Å². The lowest BCUT2D eigenvalue weighted by molar-refractivity contribution is -0.124. The molecule has 1 saturated carbocycles. The van der Waals surface area contributed by atoms with Crippen molar-refractivity contribution in [2.24, 2.45) is 10.9 Å². The fourth-order valence-corrected chi connectivity index (χ4v) is 4.92. The average Bonchev–Trinajstić information content (AvgIpc) is 2.89. The molecule has 0 bridgehead atoms. The zero-order valence-corrected chi connectivity index (χ0v) is 21.0. The monoisotopic (exact) mass is 488 g/mol. The molecule has 1 aliphatic carbocycles. The summed E-state index contributed by atoms with van der Waals surface area (Å²) >= 11 is 0. The van der Waals surface area contributed by atoms with E-state index in [1.165, 1.54) is 12.5 Å². The highest BCUT2D eigenvalue weighted by Gasteiger charge is 2.38. The normalized spacial score (nSPS) is 22.5. The Hall–Kier alpha value is -2.64. The predicted octanol–water partition coefficient (Wildman–Crippen LogP) is 2.03. The predicted molar refractivity (Wildman–Crippen MR) is 133 cm³/mol. The van der Waals surface area contributed by atoms with Gasteiger partial charge in [-0.15, -0.1) is 0 Å². The topological polar surface area (TPSA) is 119 Å². The van der Waals surface area contributed by atoms with Gasteiger partial charge in [0.25, 0.3) is 0 Å². The molecule has 0 unspecified atom stereocenters. The van der Waals surface area contributed by atoms with E-state index in [0.29, 0.717) is 57.4 Å². The highest BCUT2D eigenvalue weighted by atomic mass is 16.5. The first-order valence-corrected chi connectivity index (χ1v) is 12.8. The van der Waals surface area contributed by atoms with Crippen LogP contribution in [0.25, 0.3) is 0 Å². The molecule has 10 heteroatoms. The van der Waals surface area contributed by atoms with Crippen molar-refractivity contribution in [1.29, 1.82) is 5.26 Å². The summed E-state index contributed by atoms with van der Waals surface area (Å²) in [6.07, 6.45) is 8.25. The summed E-state index contributed by atoms with van der Waals surface area (Å²) in [5.74, 6) is 0.443. The number of hydrogen-bond donors (Lipinski definition) is 2. The number of alkyl carbamates (subject to hydrolysis) is 1. The fraction of sp³-hybridized carbons (Fsp3) is 0.760. The van der Waals surface area contributed by atoms with Crippen molar-refractivity contribution in [2.45, 2.75) is 62.9 Å². The van der Waals surface area contributed by atoms with Crippen LogP contribution in [-0.2, 0) is 14.3 Å². The Morgan fingerprint density at radius 3 is 2.54 bits per heavy atom. The zero-order chi connectivity index (χ0) is 25.1. The second-order valence-corrected chi connectivity index (χ2v) is 9.81. The second-order valence-electron chi connectivity index (χ2n) is 9.81. The number of likely N-dealkylation sites (tertiary alicyclic amines) is 1. The van der Waals surface area contributed by atoms with Crippen molar-refractivity contribution in [3.8, 4) is 6.07 Å². The van der Waals surface area contributed by atoms with Crippen LogP contribution in [0, 0.1) is 17.2 Å². The van der Waals surface area contributed by atoms with E-state index in [-0.39, 0.29) is 12.5 Å². The number of ether oxygens (including phenoxy) is 2. The van der Waals surface area contributed by atoms with Gasteiger partial charge in [0.05, 0.1) is 19.3 Å². The lowest BCUT2D eigenvalue weighted by Crippen LogP contribution is -2.56. The number of carbonyl (C=O) groups is 2. The first-order chi connectivity index (χ1) is 16.9. The van der Waals surface area contributed by atoms with Crippen LogP contribution in [0.2, 0.25) is 0 Å². The van der Waals surface area contributed by atoms with Gasteiger partial charge < -0.3 is 24.6 Å². The largest absolute Gasteiger partial charge is 0.445 e. The van der Waals surface area contributed by atoms with Gasteiger partial charge in [-0.3, -0.25) is 10.1 Å². The second kappa shape index (κ2) is 13.4. The number of nitriles is 1. The Balaban J connectivity index is 1.83. The van der Waals surface area contributed by atoms with Gasteiger partial charge in [0.1, 0.15) is 18.2 Å². The number of piperidine rings is 1. The van der Waals surface area contributed by atoms with Gasteiger partial charge in [-0.25, -0.2) is 9.79 Å². The Morgan fingerprint density at radius 1 is 1.23 bits per heavy atom. The van der Waals surface area contributed by atoms with Gasteiger partial charge in [-0.1, -0.05) is 44.8 Å². The standard InChI is InChI=1S/C25H40N6O4/c1-3-15-35-24(33)28-23(31-13-16-34-17-14-31)27-21(18-20-7-5-4-6-8-20)22(32)29-25(19-26)9-11-30(2)12-10-25/h3,20-21H,1,4-18H2,2H3,(H,29,32)(H,27,28,33)/t21-/m0/s1. The molecule has 2 N–H and O–H groups in total. The lowest BCUT2D eigenvalue weighted by atomic mass is 9.84. The molecule has 1 atom stereocenters. The molecule has 2 saturated heterocycles. The molecule has 0 aromatic rings. The van der Waals surface area contributed by atoms with Crippen LogP contribution < -0.4 is 10.6 Å². The summed E-state index contributed by atoms with van der Waals surface area (Å²) in [5, 5.41) is 15.7. The summed E-state index contributed by atoms with van der Waals surface area (Å²) in [4.78, 5) is 34.9. The molecule has 0 radical (unpaired) electrons. The molecule has 35 heavy (non-hydrogen) atoms. The van der Waals surface area contributed by atoms with Gasteiger partial charge in [-0.05, 0) is 32.2 Å². The van der Waals surface area contributed by atoms with Crippen LogP contribution in [0.4, 0.5) is 4.79 Å². The third kappa shape index (κ3) is 8.22. The smallest absolute Gasteiger partial charge is 0.414 e. The van der Waals surface area contributed by atoms with E-state index >= 15 is 0 Å². The number of nitrogens with one attached hydrogen (secondary N) is 2. The third-order valence-corrected chi connectivity index (χ3v) is 7.14. The average molecular weight is 489 g/mol. The molecule has 3 aliphatic rings. The van der Waals surface area contributed by atoms with Crippen LogP contribution in [0.1, 0.15) is 51.4 Å². The molecule has 3 fully saturated rings. The highest BCUT2D eigenvalue weighted by molar-refractivity contribution is 5.96. The number of amides is 2. The van der Waals surface area contributed by atoms with Gasteiger partial charge in [-0.2, -0.15) is 5.26 Å².